The summed E-state index contributed by atoms with van der Waals surface area (Å²) in [6.45, 7) is 3.31. The normalized spacial score (nSPS) is 17.5. The Hall–Kier alpha value is -1.02. The quantitative estimate of drug-likeness (QED) is 0.811. The second-order valence-corrected chi connectivity index (χ2v) is 4.90. The van der Waals surface area contributed by atoms with E-state index < -0.39 is 0 Å². The van der Waals surface area contributed by atoms with Crippen LogP contribution in [0.2, 0.25) is 0 Å². The fourth-order valence-electron chi connectivity index (χ4n) is 2.46. The van der Waals surface area contributed by atoms with E-state index >= 15 is 0 Å². The van der Waals surface area contributed by atoms with Crippen LogP contribution in [0.25, 0.3) is 0 Å². The smallest absolute Gasteiger partial charge is 0.119 e. The van der Waals surface area contributed by atoms with Crippen molar-refractivity contribution in [1.29, 1.82) is 0 Å². The summed E-state index contributed by atoms with van der Waals surface area (Å²) in [7, 11) is 1.73. The molecule has 1 N–H and O–H groups in total. The van der Waals surface area contributed by atoms with Gasteiger partial charge in [-0.15, -0.1) is 0 Å². The van der Waals surface area contributed by atoms with E-state index in [0.717, 1.165) is 18.2 Å². The van der Waals surface area contributed by atoms with Crippen molar-refractivity contribution in [2.75, 3.05) is 13.7 Å². The molecule has 2 nitrogen and oxygen atoms in total. The Morgan fingerprint density at radius 3 is 2.82 bits per heavy atom. The van der Waals surface area contributed by atoms with Gasteiger partial charge in [-0.1, -0.05) is 25.5 Å². The minimum atomic E-state index is 0.513. The topological polar surface area (TPSA) is 21.3 Å². The molecule has 0 aromatic heterocycles. The summed E-state index contributed by atoms with van der Waals surface area (Å²) in [6, 6.07) is 9.01. The summed E-state index contributed by atoms with van der Waals surface area (Å²) in [4.78, 5) is 0. The first-order valence-corrected chi connectivity index (χ1v) is 6.72. The van der Waals surface area contributed by atoms with Crippen molar-refractivity contribution in [3.05, 3.63) is 29.8 Å². The van der Waals surface area contributed by atoms with Crippen LogP contribution in [0.4, 0.5) is 0 Å². The predicted octanol–water partition coefficient (Wildman–Crippen LogP) is 3.54. The van der Waals surface area contributed by atoms with Crippen molar-refractivity contribution in [3.63, 3.8) is 0 Å². The molecule has 1 fully saturated rings. The lowest BCUT2D eigenvalue weighted by atomic mass is 9.77. The Labute approximate surface area is 104 Å². The zero-order chi connectivity index (χ0) is 12.1. The van der Waals surface area contributed by atoms with Crippen LogP contribution in [-0.4, -0.2) is 13.7 Å². The molecule has 1 aliphatic carbocycles. The van der Waals surface area contributed by atoms with Gasteiger partial charge in [0.1, 0.15) is 5.75 Å². The molecule has 1 aromatic carbocycles. The lowest BCUT2D eigenvalue weighted by Crippen LogP contribution is -2.32. The van der Waals surface area contributed by atoms with Gasteiger partial charge < -0.3 is 10.1 Å². The molecule has 1 unspecified atom stereocenters. The van der Waals surface area contributed by atoms with Gasteiger partial charge in [0.15, 0.2) is 0 Å². The van der Waals surface area contributed by atoms with Gasteiger partial charge in [-0.3, -0.25) is 0 Å². The molecule has 1 aliphatic rings. The number of hydrogen-bond acceptors (Lipinski definition) is 2. The van der Waals surface area contributed by atoms with Gasteiger partial charge >= 0.3 is 0 Å². The van der Waals surface area contributed by atoms with Crippen LogP contribution in [-0.2, 0) is 0 Å². The minimum Gasteiger partial charge on any atom is -0.497 e. The van der Waals surface area contributed by atoms with Gasteiger partial charge in [-0.25, -0.2) is 0 Å². The number of ether oxygens (including phenoxy) is 1. The minimum absolute atomic E-state index is 0.513. The summed E-state index contributed by atoms with van der Waals surface area (Å²) in [5.41, 5.74) is 1.38. The lowest BCUT2D eigenvalue weighted by molar-refractivity contribution is 0.231. The Bertz CT molecular complexity index is 347. The van der Waals surface area contributed by atoms with Crippen molar-refractivity contribution in [1.82, 2.24) is 5.32 Å². The maximum absolute atomic E-state index is 5.31. The maximum Gasteiger partial charge on any atom is 0.119 e. The highest BCUT2D eigenvalue weighted by Gasteiger charge is 2.27. The average molecular weight is 233 g/mol. The summed E-state index contributed by atoms with van der Waals surface area (Å²) in [5.74, 6) is 1.78. The highest BCUT2D eigenvalue weighted by Crippen LogP contribution is 2.38. The third kappa shape index (κ3) is 3.01. The third-order valence-electron chi connectivity index (χ3n) is 3.69. The third-order valence-corrected chi connectivity index (χ3v) is 3.69. The van der Waals surface area contributed by atoms with E-state index in [1.807, 2.05) is 6.07 Å². The second-order valence-electron chi connectivity index (χ2n) is 4.90. The Balaban J connectivity index is 2.11. The fraction of sp³-hybridized carbons (Fsp3) is 0.600. The fourth-order valence-corrected chi connectivity index (χ4v) is 2.46. The molecule has 94 valence electrons. The highest BCUT2D eigenvalue weighted by atomic mass is 16.5. The van der Waals surface area contributed by atoms with E-state index in [1.54, 1.807) is 7.11 Å². The molecular formula is C15H23NO. The molecule has 0 saturated heterocycles. The highest BCUT2D eigenvalue weighted by molar-refractivity contribution is 5.31. The number of hydrogen-bond donors (Lipinski definition) is 1. The van der Waals surface area contributed by atoms with Gasteiger partial charge in [0.2, 0.25) is 0 Å². The summed E-state index contributed by atoms with van der Waals surface area (Å²) in [6.07, 6.45) is 5.29. The van der Waals surface area contributed by atoms with Crippen molar-refractivity contribution in [3.8, 4) is 5.75 Å². The predicted molar refractivity (Wildman–Crippen MR) is 71.4 cm³/mol. The van der Waals surface area contributed by atoms with Gasteiger partial charge in [-0.05, 0) is 49.4 Å². The Morgan fingerprint density at radius 2 is 2.24 bits per heavy atom. The summed E-state index contributed by atoms with van der Waals surface area (Å²) < 4.78 is 5.31. The van der Waals surface area contributed by atoms with Crippen LogP contribution in [0.15, 0.2) is 24.3 Å². The van der Waals surface area contributed by atoms with Crippen LogP contribution in [0.5, 0.6) is 5.75 Å². The Morgan fingerprint density at radius 1 is 1.41 bits per heavy atom. The van der Waals surface area contributed by atoms with E-state index in [9.17, 15) is 0 Å². The average Bonchev–Trinajstić information content (AvgIpc) is 2.32. The molecule has 17 heavy (non-hydrogen) atoms. The molecule has 2 rings (SSSR count). The van der Waals surface area contributed by atoms with Gasteiger partial charge in [0.25, 0.3) is 0 Å². The van der Waals surface area contributed by atoms with Crippen LogP contribution in [0.1, 0.15) is 44.2 Å². The van der Waals surface area contributed by atoms with E-state index in [-0.39, 0.29) is 0 Å². The second kappa shape index (κ2) is 6.06. The molecule has 1 saturated carbocycles. The molecule has 0 heterocycles. The van der Waals surface area contributed by atoms with Crippen LogP contribution in [0, 0.1) is 5.92 Å². The standard InChI is InChI=1S/C15H23NO/c1-3-10-16-15(12-6-4-7-12)13-8-5-9-14(11-13)17-2/h5,8-9,11-12,15-16H,3-4,6-7,10H2,1-2H3. The molecule has 1 aromatic rings. The first-order chi connectivity index (χ1) is 8.35. The lowest BCUT2D eigenvalue weighted by Gasteiger charge is -2.35. The van der Waals surface area contributed by atoms with E-state index in [0.29, 0.717) is 6.04 Å². The van der Waals surface area contributed by atoms with Crippen molar-refractivity contribution >= 4 is 0 Å². The molecule has 0 bridgehead atoms. The van der Waals surface area contributed by atoms with E-state index in [4.69, 9.17) is 4.74 Å². The van der Waals surface area contributed by atoms with Crippen molar-refractivity contribution < 1.29 is 4.74 Å². The van der Waals surface area contributed by atoms with Crippen molar-refractivity contribution in [2.24, 2.45) is 5.92 Å². The summed E-state index contributed by atoms with van der Waals surface area (Å²) in [5, 5.41) is 3.68. The number of methoxy groups -OCH3 is 1. The van der Waals surface area contributed by atoms with Gasteiger partial charge in [0.05, 0.1) is 7.11 Å². The van der Waals surface area contributed by atoms with Crippen LogP contribution >= 0.6 is 0 Å². The van der Waals surface area contributed by atoms with E-state index in [1.165, 1.54) is 31.2 Å². The maximum atomic E-state index is 5.31. The molecule has 0 aliphatic heterocycles. The molecule has 0 radical (unpaired) electrons. The molecule has 0 amide bonds. The number of nitrogens with one attached hydrogen (secondary N) is 1. The molecule has 0 spiro atoms. The zero-order valence-electron chi connectivity index (χ0n) is 10.9. The number of benzene rings is 1. The number of rotatable bonds is 6. The van der Waals surface area contributed by atoms with Gasteiger partial charge in [-0.2, -0.15) is 0 Å². The van der Waals surface area contributed by atoms with Crippen LogP contribution < -0.4 is 10.1 Å². The zero-order valence-corrected chi connectivity index (χ0v) is 10.9. The van der Waals surface area contributed by atoms with E-state index in [2.05, 4.69) is 30.4 Å². The SMILES string of the molecule is CCCNC(c1cccc(OC)c1)C1CCC1. The molecule has 2 heteroatoms. The van der Waals surface area contributed by atoms with Crippen LogP contribution in [0.3, 0.4) is 0 Å². The molecular weight excluding hydrogens is 210 g/mol. The first kappa shape index (κ1) is 12.4. The van der Waals surface area contributed by atoms with Gasteiger partial charge in [0, 0.05) is 6.04 Å². The molecule has 1 atom stereocenters. The Kier molecular flexibility index (Phi) is 4.43. The van der Waals surface area contributed by atoms with Crippen molar-refractivity contribution in [2.45, 2.75) is 38.6 Å². The summed E-state index contributed by atoms with van der Waals surface area (Å²) >= 11 is 0. The largest absolute Gasteiger partial charge is 0.497 e. The monoisotopic (exact) mass is 233 g/mol. The first-order valence-electron chi connectivity index (χ1n) is 6.72.